The fourth-order valence-electron chi connectivity index (χ4n) is 10.4. The molecule has 2 aromatic heterocycles. The number of anilines is 2. The van der Waals surface area contributed by atoms with Crippen LogP contribution in [-0.4, -0.2) is 15.0 Å². The van der Waals surface area contributed by atoms with Crippen LogP contribution >= 0.6 is 0 Å². The highest BCUT2D eigenvalue weighted by molar-refractivity contribution is 6.12. The molecule has 11 aromatic rings. The molecule has 1 unspecified atom stereocenters. The number of hydrogen-bond acceptors (Lipinski definition) is 5. The van der Waals surface area contributed by atoms with Crippen LogP contribution < -0.4 is 4.90 Å². The van der Waals surface area contributed by atoms with E-state index >= 15 is 0 Å². The number of aromatic nitrogens is 3. The summed E-state index contributed by atoms with van der Waals surface area (Å²) in [6.07, 6.45) is 5.69. The van der Waals surface area contributed by atoms with Crippen LogP contribution in [0.2, 0.25) is 0 Å². The van der Waals surface area contributed by atoms with Gasteiger partial charge in [0.25, 0.3) is 0 Å². The minimum atomic E-state index is -0.209. The van der Waals surface area contributed by atoms with Crippen molar-refractivity contribution in [2.24, 2.45) is 0 Å². The van der Waals surface area contributed by atoms with E-state index in [0.717, 1.165) is 78.6 Å². The number of nitrogens with zero attached hydrogens (tertiary/aromatic N) is 4. The quantitative estimate of drug-likeness (QED) is 0.152. The van der Waals surface area contributed by atoms with Gasteiger partial charge in [0.1, 0.15) is 11.2 Å². The molecule has 2 aliphatic rings. The number of furan rings is 1. The Morgan fingerprint density at radius 2 is 0.928 bits per heavy atom. The van der Waals surface area contributed by atoms with E-state index < -0.39 is 0 Å². The molecular formula is C64H44N4O. The lowest BCUT2D eigenvalue weighted by molar-refractivity contribution is 0.579. The summed E-state index contributed by atoms with van der Waals surface area (Å²) in [7, 11) is 0. The monoisotopic (exact) mass is 884 g/mol. The Balaban J connectivity index is 0.917. The Morgan fingerprint density at radius 3 is 1.52 bits per heavy atom. The lowest BCUT2D eigenvalue weighted by Gasteiger charge is -2.33. The van der Waals surface area contributed by atoms with Gasteiger partial charge < -0.3 is 9.32 Å². The fraction of sp³-hybridized carbons (Fsp3) is 0.0469. The van der Waals surface area contributed by atoms with E-state index in [1.807, 2.05) is 12.1 Å². The molecule has 1 atom stereocenters. The zero-order valence-corrected chi connectivity index (χ0v) is 37.9. The van der Waals surface area contributed by atoms with Gasteiger partial charge >= 0.3 is 0 Å². The molecule has 1 aliphatic heterocycles. The highest BCUT2D eigenvalue weighted by atomic mass is 16.3. The Hall–Kier alpha value is -8.93. The minimum absolute atomic E-state index is 0.209. The summed E-state index contributed by atoms with van der Waals surface area (Å²) < 4.78 is 6.78. The van der Waals surface area contributed by atoms with Gasteiger partial charge in [-0.3, -0.25) is 0 Å². The number of para-hydroxylation sites is 1. The molecule has 0 spiro atoms. The Labute approximate surface area is 401 Å². The predicted molar refractivity (Wildman–Crippen MR) is 283 cm³/mol. The maximum Gasteiger partial charge on any atom is 0.164 e. The summed E-state index contributed by atoms with van der Waals surface area (Å²) in [5.41, 5.74) is 18.2. The first kappa shape index (κ1) is 40.4. The van der Waals surface area contributed by atoms with Crippen molar-refractivity contribution in [3.63, 3.8) is 0 Å². The second-order valence-electron chi connectivity index (χ2n) is 18.2. The molecule has 1 aliphatic carbocycles. The summed E-state index contributed by atoms with van der Waals surface area (Å²) in [5, 5.41) is 2.13. The van der Waals surface area contributed by atoms with Gasteiger partial charge in [0, 0.05) is 44.3 Å². The number of rotatable bonds is 8. The molecule has 0 amide bonds. The van der Waals surface area contributed by atoms with Crippen molar-refractivity contribution < 1.29 is 4.42 Å². The molecule has 0 fully saturated rings. The van der Waals surface area contributed by atoms with E-state index in [4.69, 9.17) is 19.4 Å². The van der Waals surface area contributed by atoms with Crippen LogP contribution in [0.4, 0.5) is 11.4 Å². The van der Waals surface area contributed by atoms with Crippen LogP contribution in [-0.2, 0) is 5.41 Å². The van der Waals surface area contributed by atoms with E-state index in [1.165, 1.54) is 33.6 Å². The minimum Gasteiger partial charge on any atom is -0.456 e. The SMILES string of the molecule is CC12CC=C(c3cccc4oc5cc(-c6nc(-c7cccc(-c8ccccc8)c7)nc(-c7cccc(-c8ccccc8)c7)n6)ccc5c34)C=C1N(c1ccccc1)c1cc(-c3ccccc3)ccc12. The van der Waals surface area contributed by atoms with Gasteiger partial charge in [-0.05, 0) is 118 Å². The molecule has 69 heavy (non-hydrogen) atoms. The fourth-order valence-corrected chi connectivity index (χ4v) is 10.4. The molecule has 0 radical (unpaired) electrons. The van der Waals surface area contributed by atoms with Crippen molar-refractivity contribution in [2.45, 2.75) is 18.8 Å². The van der Waals surface area contributed by atoms with Crippen LogP contribution in [0.3, 0.4) is 0 Å². The van der Waals surface area contributed by atoms with Crippen LogP contribution in [0, 0.1) is 0 Å². The maximum absolute atomic E-state index is 6.78. The van der Waals surface area contributed by atoms with E-state index in [-0.39, 0.29) is 5.41 Å². The van der Waals surface area contributed by atoms with E-state index in [1.54, 1.807) is 0 Å². The smallest absolute Gasteiger partial charge is 0.164 e. The summed E-state index contributed by atoms with van der Waals surface area (Å²) in [6.45, 7) is 2.39. The molecule has 5 nitrogen and oxygen atoms in total. The first-order chi connectivity index (χ1) is 34.0. The van der Waals surface area contributed by atoms with Crippen molar-refractivity contribution in [1.29, 1.82) is 0 Å². The predicted octanol–water partition coefficient (Wildman–Crippen LogP) is 16.6. The van der Waals surface area contributed by atoms with Crippen LogP contribution in [0.25, 0.3) is 95.1 Å². The Morgan fingerprint density at radius 1 is 0.435 bits per heavy atom. The van der Waals surface area contributed by atoms with Crippen LogP contribution in [0.5, 0.6) is 0 Å². The first-order valence-corrected chi connectivity index (χ1v) is 23.6. The number of allylic oxidation sites excluding steroid dienone is 4. The van der Waals surface area contributed by atoms with Crippen LogP contribution in [0.1, 0.15) is 24.5 Å². The van der Waals surface area contributed by atoms with Gasteiger partial charge in [0.2, 0.25) is 0 Å². The molecule has 9 aromatic carbocycles. The standard InChI is InChI=1S/C64H44N4O/c1-64-36-35-48(41-59(64)68(52-27-12-5-13-28-52)56-39-47(32-34-55(56)64)44-21-10-4-11-22-44)53-29-16-30-57-60(53)54-33-31-51(40-58(54)69-57)63-66-61(49-25-14-23-45(37-49)42-17-6-2-7-18-42)65-62(67-63)50-26-15-24-46(38-50)43-19-8-3-9-20-43/h2-35,37-41H,36H2,1H3. The molecule has 0 N–H and O–H groups in total. The molecule has 13 rings (SSSR count). The summed E-state index contributed by atoms with van der Waals surface area (Å²) >= 11 is 0. The van der Waals surface area contributed by atoms with Gasteiger partial charge in [0.15, 0.2) is 17.5 Å². The second-order valence-corrected chi connectivity index (χ2v) is 18.2. The molecule has 5 heteroatoms. The van der Waals surface area contributed by atoms with Gasteiger partial charge in [-0.2, -0.15) is 0 Å². The van der Waals surface area contributed by atoms with E-state index in [2.05, 4.69) is 236 Å². The van der Waals surface area contributed by atoms with Crippen molar-refractivity contribution in [1.82, 2.24) is 15.0 Å². The summed E-state index contributed by atoms with van der Waals surface area (Å²) in [5.74, 6) is 1.78. The van der Waals surface area contributed by atoms with Crippen molar-refractivity contribution in [2.75, 3.05) is 4.90 Å². The van der Waals surface area contributed by atoms with Crippen molar-refractivity contribution >= 4 is 38.9 Å². The van der Waals surface area contributed by atoms with Gasteiger partial charge in [-0.1, -0.05) is 182 Å². The normalized spacial score (nSPS) is 15.2. The van der Waals surface area contributed by atoms with Gasteiger partial charge in [-0.15, -0.1) is 0 Å². The summed E-state index contributed by atoms with van der Waals surface area (Å²) in [4.78, 5) is 18.0. The lowest BCUT2D eigenvalue weighted by atomic mass is 9.74. The third kappa shape index (κ3) is 7.06. The van der Waals surface area contributed by atoms with Gasteiger partial charge in [-0.25, -0.2) is 15.0 Å². The molecule has 326 valence electrons. The molecule has 0 saturated carbocycles. The number of fused-ring (bicyclic) bond motifs is 6. The first-order valence-electron chi connectivity index (χ1n) is 23.6. The zero-order valence-electron chi connectivity index (χ0n) is 37.9. The van der Waals surface area contributed by atoms with E-state index in [9.17, 15) is 0 Å². The largest absolute Gasteiger partial charge is 0.456 e. The lowest BCUT2D eigenvalue weighted by Crippen LogP contribution is -2.27. The van der Waals surface area contributed by atoms with Crippen molar-refractivity contribution in [3.8, 4) is 67.5 Å². The summed E-state index contributed by atoms with van der Waals surface area (Å²) in [6, 6.07) is 78.9. The zero-order chi connectivity index (χ0) is 45.9. The maximum atomic E-state index is 6.78. The highest BCUT2D eigenvalue weighted by Crippen LogP contribution is 2.56. The average Bonchev–Trinajstić information content (AvgIpc) is 3.93. The van der Waals surface area contributed by atoms with Crippen LogP contribution in [0.15, 0.2) is 247 Å². The van der Waals surface area contributed by atoms with E-state index in [0.29, 0.717) is 17.5 Å². The Bertz CT molecular complexity index is 3720. The molecule has 3 heterocycles. The second kappa shape index (κ2) is 16.4. The highest BCUT2D eigenvalue weighted by Gasteiger charge is 2.45. The Kier molecular flexibility index (Phi) is 9.62. The molecule has 0 saturated heterocycles. The van der Waals surface area contributed by atoms with Crippen molar-refractivity contribution in [3.05, 3.63) is 253 Å². The number of hydrogen-bond donors (Lipinski definition) is 0. The third-order valence-electron chi connectivity index (χ3n) is 13.9. The third-order valence-corrected chi connectivity index (χ3v) is 13.9. The molecule has 0 bridgehead atoms. The van der Waals surface area contributed by atoms with Gasteiger partial charge in [0.05, 0.1) is 5.69 Å². The topological polar surface area (TPSA) is 55.1 Å². The molecular weight excluding hydrogens is 841 g/mol. The number of benzene rings is 9. The average molecular weight is 885 g/mol.